The van der Waals surface area contributed by atoms with Crippen LogP contribution in [0, 0.1) is 17.8 Å². The lowest BCUT2D eigenvalue weighted by Gasteiger charge is -2.56. The molecule has 4 aliphatic rings. The molecular weight excluding hydrogens is 354 g/mol. The summed E-state index contributed by atoms with van der Waals surface area (Å²) in [5.41, 5.74) is 0. The van der Waals surface area contributed by atoms with E-state index in [0.29, 0.717) is 36.8 Å². The number of fused-ring (bicyclic) bond motifs is 4. The largest absolute Gasteiger partial charge is 0.354 e. The van der Waals surface area contributed by atoms with Gasteiger partial charge in [0.05, 0.1) is 12.6 Å². The highest BCUT2D eigenvalue weighted by Crippen LogP contribution is 2.41. The van der Waals surface area contributed by atoms with Crippen molar-refractivity contribution < 1.29 is 9.59 Å². The van der Waals surface area contributed by atoms with Crippen LogP contribution in [0.3, 0.4) is 0 Å². The maximum absolute atomic E-state index is 12.8. The quantitative estimate of drug-likeness (QED) is 0.805. The first-order valence-corrected chi connectivity index (χ1v) is 11.0. The van der Waals surface area contributed by atoms with Gasteiger partial charge in [0.15, 0.2) is 0 Å². The molecule has 3 saturated heterocycles. The zero-order valence-electron chi connectivity index (χ0n) is 16.5. The normalized spacial score (nSPS) is 33.3. The van der Waals surface area contributed by atoms with E-state index in [1.54, 1.807) is 6.20 Å². The molecule has 2 amide bonds. The molecule has 152 valence electrons. The van der Waals surface area contributed by atoms with Crippen molar-refractivity contribution in [3.05, 3.63) is 18.2 Å². The van der Waals surface area contributed by atoms with Crippen LogP contribution in [0.1, 0.15) is 50.8 Å². The molecule has 0 spiro atoms. The molecule has 1 aromatic heterocycles. The highest BCUT2D eigenvalue weighted by Gasteiger charge is 2.49. The second-order valence-electron chi connectivity index (χ2n) is 9.19. The monoisotopic (exact) mass is 385 g/mol. The van der Waals surface area contributed by atoms with E-state index >= 15 is 0 Å². The fourth-order valence-electron chi connectivity index (χ4n) is 5.88. The van der Waals surface area contributed by atoms with Gasteiger partial charge < -0.3 is 15.2 Å². The summed E-state index contributed by atoms with van der Waals surface area (Å²) in [6, 6.07) is 0.472. The van der Waals surface area contributed by atoms with E-state index in [-0.39, 0.29) is 17.9 Å². The van der Waals surface area contributed by atoms with Crippen LogP contribution in [-0.2, 0) is 16.1 Å². The number of H-pyrrole nitrogens is 1. The van der Waals surface area contributed by atoms with Gasteiger partial charge in [-0.25, -0.2) is 4.98 Å². The summed E-state index contributed by atoms with van der Waals surface area (Å²) in [4.78, 5) is 37.6. The van der Waals surface area contributed by atoms with Gasteiger partial charge in [-0.05, 0) is 43.9 Å². The van der Waals surface area contributed by atoms with E-state index in [4.69, 9.17) is 0 Å². The molecule has 4 atom stereocenters. The summed E-state index contributed by atoms with van der Waals surface area (Å²) in [6.45, 7) is 3.45. The summed E-state index contributed by atoms with van der Waals surface area (Å²) >= 11 is 0. The third-order valence-electron chi connectivity index (χ3n) is 7.46. The lowest BCUT2D eigenvalue weighted by Crippen LogP contribution is -2.67. The van der Waals surface area contributed by atoms with Crippen LogP contribution in [0.2, 0.25) is 0 Å². The number of rotatable bonds is 5. The van der Waals surface area contributed by atoms with Crippen LogP contribution in [0.4, 0.5) is 0 Å². The second kappa shape index (κ2) is 7.50. The minimum Gasteiger partial charge on any atom is -0.354 e. The molecule has 28 heavy (non-hydrogen) atoms. The number of nitrogens with one attached hydrogen (secondary N) is 2. The van der Waals surface area contributed by atoms with Gasteiger partial charge in [-0.15, -0.1) is 0 Å². The van der Waals surface area contributed by atoms with E-state index in [1.165, 1.54) is 12.8 Å². The first kappa shape index (κ1) is 18.2. The molecule has 7 heteroatoms. The number of nitrogens with zero attached hydrogens (tertiary/aromatic N) is 3. The van der Waals surface area contributed by atoms with Crippen molar-refractivity contribution in [1.29, 1.82) is 0 Å². The number of hydrogen-bond acceptors (Lipinski definition) is 4. The molecule has 1 saturated carbocycles. The highest BCUT2D eigenvalue weighted by atomic mass is 16.2. The van der Waals surface area contributed by atoms with E-state index in [1.807, 2.05) is 6.20 Å². The molecule has 7 nitrogen and oxygen atoms in total. The SMILES string of the molecule is O=C(NC[C@H]1[C@H]2C[C@H](CN(Cc3ncc[nH]3)C2)[C@@H]2CCCC(=O)N21)C1CCC1. The molecule has 2 N–H and O–H groups in total. The number of aromatic amines is 1. The zero-order chi connectivity index (χ0) is 19.1. The Hall–Kier alpha value is -1.89. The van der Waals surface area contributed by atoms with Crippen molar-refractivity contribution in [2.75, 3.05) is 19.6 Å². The number of hydrogen-bond donors (Lipinski definition) is 2. The predicted octanol–water partition coefficient (Wildman–Crippen LogP) is 1.53. The van der Waals surface area contributed by atoms with Crippen molar-refractivity contribution in [2.24, 2.45) is 17.8 Å². The first-order chi connectivity index (χ1) is 13.7. The molecule has 0 radical (unpaired) electrons. The van der Waals surface area contributed by atoms with Gasteiger partial charge in [0.25, 0.3) is 0 Å². The maximum Gasteiger partial charge on any atom is 0.223 e. The fourth-order valence-corrected chi connectivity index (χ4v) is 5.88. The van der Waals surface area contributed by atoms with Gasteiger partial charge in [0.1, 0.15) is 5.82 Å². The molecule has 0 aromatic carbocycles. The topological polar surface area (TPSA) is 81.3 Å². The average Bonchev–Trinajstić information content (AvgIpc) is 3.13. The molecule has 1 aromatic rings. The van der Waals surface area contributed by atoms with E-state index in [2.05, 4.69) is 25.1 Å². The molecule has 2 bridgehead atoms. The average molecular weight is 386 g/mol. The summed E-state index contributed by atoms with van der Waals surface area (Å²) < 4.78 is 0. The van der Waals surface area contributed by atoms with E-state index in [0.717, 1.165) is 51.1 Å². The second-order valence-corrected chi connectivity index (χ2v) is 9.19. The van der Waals surface area contributed by atoms with Crippen molar-refractivity contribution >= 4 is 11.8 Å². The molecule has 0 unspecified atom stereocenters. The van der Waals surface area contributed by atoms with Crippen molar-refractivity contribution in [3.8, 4) is 0 Å². The third kappa shape index (κ3) is 3.34. The van der Waals surface area contributed by atoms with E-state index < -0.39 is 0 Å². The Morgan fingerprint density at radius 3 is 2.82 bits per heavy atom. The maximum atomic E-state index is 12.8. The number of likely N-dealkylation sites (tertiary alicyclic amines) is 1. The van der Waals surface area contributed by atoms with Gasteiger partial charge >= 0.3 is 0 Å². The number of carbonyl (C=O) groups excluding carboxylic acids is 2. The summed E-state index contributed by atoms with van der Waals surface area (Å²) in [5.74, 6) is 2.66. The van der Waals surface area contributed by atoms with Crippen LogP contribution in [-0.4, -0.2) is 63.3 Å². The molecule has 4 heterocycles. The number of amides is 2. The molecule has 1 aliphatic carbocycles. The number of aromatic nitrogens is 2. The van der Waals surface area contributed by atoms with Crippen LogP contribution >= 0.6 is 0 Å². The lowest BCUT2D eigenvalue weighted by atomic mass is 9.72. The Bertz CT molecular complexity index is 716. The smallest absolute Gasteiger partial charge is 0.223 e. The molecular formula is C21H31N5O2. The van der Waals surface area contributed by atoms with Gasteiger partial charge in [-0.1, -0.05) is 6.42 Å². The molecule has 5 rings (SSSR count). The fraction of sp³-hybridized carbons (Fsp3) is 0.762. The standard InChI is InChI=1S/C21H31N5O2/c27-20-6-2-5-17-15-9-16(12-25(11-15)13-19-22-7-8-23-19)18(26(17)20)10-24-21(28)14-3-1-4-14/h7-8,14-18H,1-6,9-13H2,(H,22,23)(H,24,28)/t15-,16+,17+,18+/m1/s1. The highest BCUT2D eigenvalue weighted by molar-refractivity contribution is 5.80. The minimum atomic E-state index is 0.137. The van der Waals surface area contributed by atoms with E-state index in [9.17, 15) is 9.59 Å². The van der Waals surface area contributed by atoms with Crippen molar-refractivity contribution in [2.45, 2.75) is 63.6 Å². The summed E-state index contributed by atoms with van der Waals surface area (Å²) in [6.07, 6.45) is 10.8. The summed E-state index contributed by atoms with van der Waals surface area (Å²) in [5, 5.41) is 3.20. The predicted molar refractivity (Wildman–Crippen MR) is 104 cm³/mol. The Balaban J connectivity index is 1.32. The summed E-state index contributed by atoms with van der Waals surface area (Å²) in [7, 11) is 0. The molecule has 3 aliphatic heterocycles. The Morgan fingerprint density at radius 2 is 2.07 bits per heavy atom. The first-order valence-electron chi connectivity index (χ1n) is 11.0. The van der Waals surface area contributed by atoms with Crippen LogP contribution in [0.25, 0.3) is 0 Å². The van der Waals surface area contributed by atoms with Crippen LogP contribution in [0.15, 0.2) is 12.4 Å². The number of carbonyl (C=O) groups is 2. The zero-order valence-corrected chi connectivity index (χ0v) is 16.5. The van der Waals surface area contributed by atoms with Gasteiger partial charge in [0, 0.05) is 50.4 Å². The third-order valence-corrected chi connectivity index (χ3v) is 7.46. The van der Waals surface area contributed by atoms with Gasteiger partial charge in [-0.3, -0.25) is 14.5 Å². The van der Waals surface area contributed by atoms with Crippen molar-refractivity contribution in [3.63, 3.8) is 0 Å². The van der Waals surface area contributed by atoms with Crippen LogP contribution < -0.4 is 5.32 Å². The number of imidazole rings is 1. The Kier molecular flexibility index (Phi) is 4.87. The van der Waals surface area contributed by atoms with Crippen LogP contribution in [0.5, 0.6) is 0 Å². The number of piperidine rings is 3. The Morgan fingerprint density at radius 1 is 1.21 bits per heavy atom. The van der Waals surface area contributed by atoms with Crippen molar-refractivity contribution in [1.82, 2.24) is 25.1 Å². The Labute approximate surface area is 166 Å². The minimum absolute atomic E-state index is 0.137. The van der Waals surface area contributed by atoms with Gasteiger partial charge in [-0.2, -0.15) is 0 Å². The van der Waals surface area contributed by atoms with Gasteiger partial charge in [0.2, 0.25) is 11.8 Å². The lowest BCUT2D eigenvalue weighted by molar-refractivity contribution is -0.153. The molecule has 4 fully saturated rings.